The maximum Gasteiger partial charge on any atom is 0.453 e. The molecule has 2 N–H and O–H groups in total. The van der Waals surface area contributed by atoms with Crippen molar-refractivity contribution in [3.63, 3.8) is 0 Å². The molecule has 0 spiro atoms. The zero-order valence-electron chi connectivity index (χ0n) is 26.1. The molecular formula is C31H42Cl2N3O7P. The van der Waals surface area contributed by atoms with Crippen molar-refractivity contribution in [3.05, 3.63) is 58.6 Å². The van der Waals surface area contributed by atoms with Crippen molar-refractivity contribution in [2.24, 2.45) is 11.8 Å². The molecule has 1 fully saturated rings. The lowest BCUT2D eigenvalue weighted by Crippen LogP contribution is -2.56. The summed E-state index contributed by atoms with van der Waals surface area (Å²) in [5.41, 5.74) is -0.743. The highest BCUT2D eigenvalue weighted by atomic mass is 35.5. The van der Waals surface area contributed by atoms with E-state index in [-0.39, 0.29) is 17.4 Å². The quantitative estimate of drug-likeness (QED) is 0.241. The maximum absolute atomic E-state index is 14.6. The third-order valence-electron chi connectivity index (χ3n) is 6.80. The summed E-state index contributed by atoms with van der Waals surface area (Å²) in [5.74, 6) is -2.22. The summed E-state index contributed by atoms with van der Waals surface area (Å²) in [5, 5.41) is 6.47. The van der Waals surface area contributed by atoms with Crippen LogP contribution in [0.1, 0.15) is 61.3 Å². The van der Waals surface area contributed by atoms with Crippen LogP contribution in [-0.2, 0) is 18.9 Å². The normalized spacial score (nSPS) is 16.8. The zero-order chi connectivity index (χ0) is 32.8. The second kappa shape index (κ2) is 14.9. The van der Waals surface area contributed by atoms with E-state index >= 15 is 0 Å². The van der Waals surface area contributed by atoms with Crippen LogP contribution in [0.15, 0.2) is 48.5 Å². The monoisotopic (exact) mass is 669 g/mol. The zero-order valence-corrected chi connectivity index (χ0v) is 28.5. The van der Waals surface area contributed by atoms with Crippen molar-refractivity contribution in [1.29, 1.82) is 0 Å². The average molecular weight is 671 g/mol. The fraction of sp³-hybridized carbons (Fsp3) is 0.516. The summed E-state index contributed by atoms with van der Waals surface area (Å²) in [7, 11) is -4.17. The Kier molecular flexibility index (Phi) is 12.0. The van der Waals surface area contributed by atoms with E-state index in [1.54, 1.807) is 97.0 Å². The number of benzene rings is 2. The molecule has 1 aliphatic heterocycles. The molecule has 0 aliphatic carbocycles. The number of halogens is 2. The highest BCUT2D eigenvalue weighted by Gasteiger charge is 2.46. The largest absolute Gasteiger partial charge is 0.453 e. The van der Waals surface area contributed by atoms with Gasteiger partial charge in [0.25, 0.3) is 0 Å². The highest BCUT2D eigenvalue weighted by Crippen LogP contribution is 2.54. The van der Waals surface area contributed by atoms with Crippen LogP contribution in [0.5, 0.6) is 11.5 Å². The number of nitrogens with zero attached hydrogens (tertiary/aromatic N) is 1. The van der Waals surface area contributed by atoms with E-state index in [1.165, 1.54) is 4.90 Å². The Balaban J connectivity index is 1.87. The first kappa shape index (κ1) is 35.5. The lowest BCUT2D eigenvalue weighted by molar-refractivity contribution is -0.141. The molecule has 3 atom stereocenters. The van der Waals surface area contributed by atoms with Gasteiger partial charge in [0.1, 0.15) is 29.2 Å². The molecule has 0 bridgehead atoms. The van der Waals surface area contributed by atoms with Crippen LogP contribution in [0.4, 0.5) is 4.79 Å². The summed E-state index contributed by atoms with van der Waals surface area (Å²) in [6.45, 7) is 12.7. The Morgan fingerprint density at radius 1 is 0.864 bits per heavy atom. The van der Waals surface area contributed by atoms with Gasteiger partial charge in [-0.15, -0.1) is 0 Å². The average Bonchev–Trinajstić information content (AvgIpc) is 3.41. The number of rotatable bonds is 11. The molecule has 13 heteroatoms. The van der Waals surface area contributed by atoms with Crippen LogP contribution in [-0.4, -0.2) is 52.8 Å². The van der Waals surface area contributed by atoms with Crippen molar-refractivity contribution in [2.75, 3.05) is 6.54 Å². The number of amides is 3. The van der Waals surface area contributed by atoms with Gasteiger partial charge in [0.2, 0.25) is 11.8 Å². The van der Waals surface area contributed by atoms with E-state index in [1.807, 2.05) is 0 Å². The molecule has 0 radical (unpaired) electrons. The molecule has 10 nitrogen and oxygen atoms in total. The first-order chi connectivity index (χ1) is 20.5. The van der Waals surface area contributed by atoms with E-state index < -0.39 is 54.9 Å². The van der Waals surface area contributed by atoms with E-state index in [2.05, 4.69) is 10.6 Å². The number of carbonyl (C=O) groups excluding carboxylic acids is 3. The molecule has 2 aromatic rings. The first-order valence-electron chi connectivity index (χ1n) is 14.6. The summed E-state index contributed by atoms with van der Waals surface area (Å²) in [6, 6.07) is 10.8. The number of alkyl carbamates (subject to hydrolysis) is 1. The molecule has 1 saturated heterocycles. The van der Waals surface area contributed by atoms with Crippen LogP contribution < -0.4 is 19.7 Å². The van der Waals surface area contributed by atoms with E-state index in [0.717, 1.165) is 0 Å². The van der Waals surface area contributed by atoms with Crippen LogP contribution in [0.3, 0.4) is 0 Å². The minimum absolute atomic E-state index is 0.234. The second-order valence-corrected chi connectivity index (χ2v) is 15.3. The summed E-state index contributed by atoms with van der Waals surface area (Å²) >= 11 is 12.1. The fourth-order valence-electron chi connectivity index (χ4n) is 4.70. The lowest BCUT2D eigenvalue weighted by atomic mass is 10.0. The number of nitrogens with one attached hydrogen (secondary N) is 2. The van der Waals surface area contributed by atoms with Gasteiger partial charge < -0.3 is 29.3 Å². The Labute approximate surface area is 269 Å². The SMILES string of the molecule is CC(C)C(NC(=O)OC(C)(C)C)C(=O)N1CCCC1C(=O)NC(C(C)C)P(=O)(Oc1ccc(Cl)cc1)Oc1ccc(Cl)cc1. The van der Waals surface area contributed by atoms with Gasteiger partial charge >= 0.3 is 13.7 Å². The topological polar surface area (TPSA) is 123 Å². The maximum atomic E-state index is 14.6. The van der Waals surface area contributed by atoms with Gasteiger partial charge in [-0.25, -0.2) is 9.36 Å². The molecule has 3 unspecified atom stereocenters. The summed E-state index contributed by atoms with van der Waals surface area (Å²) in [6.07, 6.45) is 0.248. The fourth-order valence-corrected chi connectivity index (χ4v) is 7.06. The molecule has 44 heavy (non-hydrogen) atoms. The molecular weight excluding hydrogens is 628 g/mol. The Morgan fingerprint density at radius 2 is 1.36 bits per heavy atom. The Bertz CT molecular complexity index is 1300. The second-order valence-electron chi connectivity index (χ2n) is 12.4. The number of hydrogen-bond acceptors (Lipinski definition) is 7. The molecule has 3 rings (SSSR count). The Hall–Kier alpha value is -2.94. The lowest BCUT2D eigenvalue weighted by Gasteiger charge is -2.34. The molecule has 1 heterocycles. The van der Waals surface area contributed by atoms with Crippen LogP contribution in [0.25, 0.3) is 0 Å². The van der Waals surface area contributed by atoms with Crippen molar-refractivity contribution < 1.29 is 32.7 Å². The molecule has 0 saturated carbocycles. The molecule has 3 amide bonds. The predicted octanol–water partition coefficient (Wildman–Crippen LogP) is 7.28. The van der Waals surface area contributed by atoms with Gasteiger partial charge in [-0.3, -0.25) is 9.59 Å². The van der Waals surface area contributed by atoms with Crippen molar-refractivity contribution in [1.82, 2.24) is 15.5 Å². The van der Waals surface area contributed by atoms with Gasteiger partial charge in [0.15, 0.2) is 5.78 Å². The number of ether oxygens (including phenoxy) is 1. The van der Waals surface area contributed by atoms with E-state index in [9.17, 15) is 18.9 Å². The van der Waals surface area contributed by atoms with Crippen LogP contribution in [0.2, 0.25) is 10.0 Å². The molecule has 242 valence electrons. The standard InChI is InChI=1S/C31H42Cl2N3O7P/c1-19(2)26(34-30(39)41-31(5,6)7)29(38)36-18-8-9-25(36)27(37)35-28(20(3)4)44(40,42-23-14-10-21(32)11-15-23)43-24-16-12-22(33)13-17-24/h10-17,19-20,25-26,28H,8-9,18H2,1-7H3,(H,34,39)(H,35,37). The number of hydrogen-bond donors (Lipinski definition) is 2. The van der Waals surface area contributed by atoms with E-state index in [0.29, 0.717) is 29.4 Å². The minimum Gasteiger partial charge on any atom is -0.444 e. The smallest absolute Gasteiger partial charge is 0.444 e. The van der Waals surface area contributed by atoms with Gasteiger partial charge in [0.05, 0.1) is 0 Å². The van der Waals surface area contributed by atoms with Gasteiger partial charge in [-0.2, -0.15) is 0 Å². The third-order valence-corrected chi connectivity index (χ3v) is 9.64. The van der Waals surface area contributed by atoms with Crippen molar-refractivity contribution >= 4 is 48.7 Å². The predicted molar refractivity (Wildman–Crippen MR) is 171 cm³/mol. The third kappa shape index (κ3) is 9.78. The van der Waals surface area contributed by atoms with Crippen LogP contribution >= 0.6 is 30.8 Å². The molecule has 2 aromatic carbocycles. The van der Waals surface area contributed by atoms with Gasteiger partial charge in [-0.05, 0) is 94.0 Å². The summed E-state index contributed by atoms with van der Waals surface area (Å²) in [4.78, 5) is 41.5. The van der Waals surface area contributed by atoms with Crippen LogP contribution in [0, 0.1) is 11.8 Å². The van der Waals surface area contributed by atoms with E-state index in [4.69, 9.17) is 37.0 Å². The highest BCUT2D eigenvalue weighted by molar-refractivity contribution is 7.55. The van der Waals surface area contributed by atoms with Gasteiger partial charge in [0, 0.05) is 16.6 Å². The van der Waals surface area contributed by atoms with Crippen molar-refractivity contribution in [2.45, 2.75) is 84.8 Å². The minimum atomic E-state index is -4.17. The van der Waals surface area contributed by atoms with Gasteiger partial charge in [-0.1, -0.05) is 50.9 Å². The number of carbonyl (C=O) groups is 3. The van der Waals surface area contributed by atoms with Crippen molar-refractivity contribution in [3.8, 4) is 11.5 Å². The Morgan fingerprint density at radius 3 is 1.80 bits per heavy atom. The number of likely N-dealkylation sites (tertiary alicyclic amines) is 1. The first-order valence-corrected chi connectivity index (χ1v) is 17.0. The molecule has 1 aliphatic rings. The summed E-state index contributed by atoms with van der Waals surface area (Å²) < 4.78 is 31.9. The molecule has 0 aromatic heterocycles.